The first kappa shape index (κ1) is 17.5. The Morgan fingerprint density at radius 2 is 1.71 bits per heavy atom. The van der Waals surface area contributed by atoms with E-state index < -0.39 is 11.7 Å². The summed E-state index contributed by atoms with van der Waals surface area (Å²) in [7, 11) is 4.60. The van der Waals surface area contributed by atoms with E-state index in [1.807, 2.05) is 0 Å². The number of nitrogens with zero attached hydrogens (tertiary/aromatic N) is 2. The van der Waals surface area contributed by atoms with Crippen LogP contribution in [-0.4, -0.2) is 52.6 Å². The number of hydrogen-bond acceptors (Lipinski definition) is 5. The van der Waals surface area contributed by atoms with Crippen molar-refractivity contribution < 1.29 is 22.6 Å². The molecule has 0 bridgehead atoms. The van der Waals surface area contributed by atoms with Crippen LogP contribution in [0.5, 0.6) is 0 Å². The van der Waals surface area contributed by atoms with Gasteiger partial charge >= 0.3 is 6.18 Å². The van der Waals surface area contributed by atoms with Crippen LogP contribution < -0.4 is 10.2 Å². The van der Waals surface area contributed by atoms with E-state index >= 15 is 0 Å². The minimum atomic E-state index is -4.42. The van der Waals surface area contributed by atoms with Gasteiger partial charge in [0.1, 0.15) is 11.6 Å². The molecule has 0 unspecified atom stereocenters. The number of hydrogen-bond donors (Lipinski definition) is 1. The monoisotopic (exact) mass is 307 g/mol. The average molecular weight is 307 g/mol. The van der Waals surface area contributed by atoms with Crippen molar-refractivity contribution >= 4 is 11.6 Å². The second-order valence-electron chi connectivity index (χ2n) is 4.32. The molecule has 5 nitrogen and oxygen atoms in total. The molecule has 1 heterocycles. The molecule has 0 amide bonds. The van der Waals surface area contributed by atoms with Gasteiger partial charge in [0.05, 0.1) is 18.8 Å². The number of pyridine rings is 1. The molecule has 0 saturated heterocycles. The highest BCUT2D eigenvalue weighted by Crippen LogP contribution is 2.32. The molecule has 1 aromatic heterocycles. The molecular weight excluding hydrogens is 287 g/mol. The minimum absolute atomic E-state index is 0.166. The second-order valence-corrected chi connectivity index (χ2v) is 4.32. The fourth-order valence-electron chi connectivity index (χ4n) is 1.71. The largest absolute Gasteiger partial charge is 0.416 e. The van der Waals surface area contributed by atoms with Crippen LogP contribution in [0, 0.1) is 0 Å². The number of aromatic nitrogens is 1. The molecule has 0 fully saturated rings. The molecule has 120 valence electrons. The van der Waals surface area contributed by atoms with Crippen LogP contribution in [0.4, 0.5) is 24.8 Å². The Morgan fingerprint density at radius 1 is 1.14 bits per heavy atom. The zero-order valence-corrected chi connectivity index (χ0v) is 12.3. The maximum atomic E-state index is 12.9. The quantitative estimate of drug-likeness (QED) is 0.798. The van der Waals surface area contributed by atoms with E-state index in [1.165, 1.54) is 21.3 Å². The van der Waals surface area contributed by atoms with Gasteiger partial charge < -0.3 is 19.7 Å². The van der Waals surface area contributed by atoms with Crippen molar-refractivity contribution in [2.24, 2.45) is 0 Å². The highest BCUT2D eigenvalue weighted by molar-refractivity contribution is 5.51. The molecule has 0 aromatic carbocycles. The summed E-state index contributed by atoms with van der Waals surface area (Å²) in [6.07, 6.45) is -4.42. The van der Waals surface area contributed by atoms with E-state index in [9.17, 15) is 13.2 Å². The van der Waals surface area contributed by atoms with Crippen molar-refractivity contribution in [1.29, 1.82) is 0 Å². The first-order valence-corrected chi connectivity index (χ1v) is 6.42. The Hall–Kier alpha value is -1.54. The molecule has 1 aromatic rings. The molecular formula is C13H20F3N3O2. The van der Waals surface area contributed by atoms with E-state index in [-0.39, 0.29) is 11.6 Å². The van der Waals surface area contributed by atoms with Crippen molar-refractivity contribution in [3.05, 3.63) is 17.7 Å². The predicted octanol–water partition coefficient (Wildman–Crippen LogP) is 2.24. The molecule has 0 radical (unpaired) electrons. The number of anilines is 2. The SMILES string of the molecule is CNc1cc(C(F)(F)F)cc(N(CCOC)CCOC)n1. The summed E-state index contributed by atoms with van der Waals surface area (Å²) in [6, 6.07) is 2.01. The van der Waals surface area contributed by atoms with Crippen LogP contribution in [0.25, 0.3) is 0 Å². The molecule has 0 aliphatic heterocycles. The van der Waals surface area contributed by atoms with E-state index in [4.69, 9.17) is 9.47 Å². The van der Waals surface area contributed by atoms with Gasteiger partial charge in [-0.3, -0.25) is 0 Å². The summed E-state index contributed by atoms with van der Waals surface area (Å²) < 4.78 is 48.7. The smallest absolute Gasteiger partial charge is 0.383 e. The van der Waals surface area contributed by atoms with Crippen molar-refractivity contribution in [2.75, 3.05) is 57.8 Å². The highest BCUT2D eigenvalue weighted by Gasteiger charge is 2.32. The zero-order valence-electron chi connectivity index (χ0n) is 12.3. The zero-order chi connectivity index (χ0) is 15.9. The Labute approximate surface area is 122 Å². The van der Waals surface area contributed by atoms with Gasteiger partial charge in [-0.1, -0.05) is 0 Å². The normalized spacial score (nSPS) is 11.5. The molecule has 21 heavy (non-hydrogen) atoms. The lowest BCUT2D eigenvalue weighted by Gasteiger charge is -2.24. The first-order chi connectivity index (χ1) is 9.92. The minimum Gasteiger partial charge on any atom is -0.383 e. The first-order valence-electron chi connectivity index (χ1n) is 6.42. The Balaban J connectivity index is 3.09. The molecule has 1 N–H and O–H groups in total. The summed E-state index contributed by atoms with van der Waals surface area (Å²) in [4.78, 5) is 5.87. The lowest BCUT2D eigenvalue weighted by Crippen LogP contribution is -2.31. The third-order valence-corrected chi connectivity index (χ3v) is 2.85. The van der Waals surface area contributed by atoms with Crippen molar-refractivity contribution in [1.82, 2.24) is 4.98 Å². The van der Waals surface area contributed by atoms with Crippen LogP contribution in [-0.2, 0) is 15.7 Å². The van der Waals surface area contributed by atoms with Gasteiger partial charge in [-0.15, -0.1) is 0 Å². The van der Waals surface area contributed by atoms with Crippen molar-refractivity contribution in [2.45, 2.75) is 6.18 Å². The fraction of sp³-hybridized carbons (Fsp3) is 0.615. The Kier molecular flexibility index (Phi) is 6.70. The van der Waals surface area contributed by atoms with E-state index in [2.05, 4.69) is 10.3 Å². The van der Waals surface area contributed by atoms with Gasteiger partial charge in [-0.05, 0) is 12.1 Å². The summed E-state index contributed by atoms with van der Waals surface area (Å²) in [6.45, 7) is 1.63. The summed E-state index contributed by atoms with van der Waals surface area (Å²) in [5.74, 6) is 0.405. The molecule has 8 heteroatoms. The molecule has 0 aliphatic carbocycles. The number of halogens is 3. The van der Waals surface area contributed by atoms with Gasteiger partial charge in [0.15, 0.2) is 0 Å². The van der Waals surface area contributed by atoms with Gasteiger partial charge in [-0.25, -0.2) is 4.98 Å². The standard InChI is InChI=1S/C13H20F3N3O2/c1-17-11-8-10(13(14,15)16)9-12(18-11)19(4-6-20-2)5-7-21-3/h8-9H,4-7H2,1-3H3,(H,17,18). The highest BCUT2D eigenvalue weighted by atomic mass is 19.4. The van der Waals surface area contributed by atoms with Crippen molar-refractivity contribution in [3.63, 3.8) is 0 Å². The Bertz CT molecular complexity index is 433. The third-order valence-electron chi connectivity index (χ3n) is 2.85. The lowest BCUT2D eigenvalue weighted by atomic mass is 10.2. The van der Waals surface area contributed by atoms with Crippen LogP contribution in [0.15, 0.2) is 12.1 Å². The van der Waals surface area contributed by atoms with Crippen molar-refractivity contribution in [3.8, 4) is 0 Å². The van der Waals surface area contributed by atoms with E-state index in [1.54, 1.807) is 4.90 Å². The lowest BCUT2D eigenvalue weighted by molar-refractivity contribution is -0.137. The van der Waals surface area contributed by atoms with E-state index in [0.717, 1.165) is 12.1 Å². The van der Waals surface area contributed by atoms with Crippen LogP contribution in [0.3, 0.4) is 0 Å². The topological polar surface area (TPSA) is 46.6 Å². The van der Waals surface area contributed by atoms with Gasteiger partial charge in [0.2, 0.25) is 0 Å². The molecule has 0 aliphatic rings. The Morgan fingerprint density at radius 3 is 2.14 bits per heavy atom. The summed E-state index contributed by atoms with van der Waals surface area (Å²) >= 11 is 0. The number of ether oxygens (including phenoxy) is 2. The van der Waals surface area contributed by atoms with Gasteiger partial charge in [-0.2, -0.15) is 13.2 Å². The number of alkyl halides is 3. The van der Waals surface area contributed by atoms with Gasteiger partial charge in [0.25, 0.3) is 0 Å². The van der Waals surface area contributed by atoms with E-state index in [0.29, 0.717) is 26.3 Å². The van der Waals surface area contributed by atoms with Crippen LogP contribution in [0.1, 0.15) is 5.56 Å². The van der Waals surface area contributed by atoms with Gasteiger partial charge in [0, 0.05) is 34.4 Å². The number of nitrogens with one attached hydrogen (secondary N) is 1. The third kappa shape index (κ3) is 5.39. The molecule has 0 spiro atoms. The second kappa shape index (κ2) is 8.04. The summed E-state index contributed by atoms with van der Waals surface area (Å²) in [5, 5.41) is 2.65. The number of rotatable bonds is 8. The predicted molar refractivity (Wildman–Crippen MR) is 74.8 cm³/mol. The number of methoxy groups -OCH3 is 2. The molecule has 0 saturated carbocycles. The fourth-order valence-corrected chi connectivity index (χ4v) is 1.71. The van der Waals surface area contributed by atoms with Crippen LogP contribution >= 0.6 is 0 Å². The average Bonchev–Trinajstić information content (AvgIpc) is 2.46. The maximum Gasteiger partial charge on any atom is 0.416 e. The molecule has 1 rings (SSSR count). The van der Waals surface area contributed by atoms with Crippen LogP contribution in [0.2, 0.25) is 0 Å². The summed E-state index contributed by atoms with van der Waals surface area (Å²) in [5.41, 5.74) is -0.739. The maximum absolute atomic E-state index is 12.9. The molecule has 0 atom stereocenters.